The minimum atomic E-state index is 0.0937. The van der Waals surface area contributed by atoms with Gasteiger partial charge in [-0.15, -0.1) is 0 Å². The first kappa shape index (κ1) is 15.1. The summed E-state index contributed by atoms with van der Waals surface area (Å²) < 4.78 is 1.11. The molecular formula is C17H21BrN2. The Bertz CT molecular complexity index is 568. The van der Waals surface area contributed by atoms with Crippen molar-refractivity contribution in [1.82, 2.24) is 0 Å². The van der Waals surface area contributed by atoms with Crippen LogP contribution in [0.2, 0.25) is 0 Å². The monoisotopic (exact) mass is 332 g/mol. The first-order chi connectivity index (χ1) is 9.61. The predicted octanol–water partition coefficient (Wildman–Crippen LogP) is 4.50. The molecule has 20 heavy (non-hydrogen) atoms. The van der Waals surface area contributed by atoms with Gasteiger partial charge in [-0.1, -0.05) is 53.2 Å². The predicted molar refractivity (Wildman–Crippen MR) is 89.9 cm³/mol. The fourth-order valence-electron chi connectivity index (χ4n) is 2.36. The summed E-state index contributed by atoms with van der Waals surface area (Å²) in [5, 5.41) is 0. The summed E-state index contributed by atoms with van der Waals surface area (Å²) in [7, 11) is 2.11. The Morgan fingerprint density at radius 3 is 2.60 bits per heavy atom. The minimum Gasteiger partial charge on any atom is -0.370 e. The van der Waals surface area contributed by atoms with Gasteiger partial charge in [0.05, 0.1) is 0 Å². The van der Waals surface area contributed by atoms with Gasteiger partial charge in [0.1, 0.15) is 0 Å². The zero-order chi connectivity index (χ0) is 14.5. The topological polar surface area (TPSA) is 29.3 Å². The van der Waals surface area contributed by atoms with Gasteiger partial charge in [-0.2, -0.15) is 0 Å². The van der Waals surface area contributed by atoms with E-state index in [-0.39, 0.29) is 6.04 Å². The normalized spacial score (nSPS) is 12.2. The van der Waals surface area contributed by atoms with Crippen LogP contribution in [0, 0.1) is 0 Å². The molecule has 0 unspecified atom stereocenters. The highest BCUT2D eigenvalue weighted by Gasteiger charge is 2.12. The Balaban J connectivity index is 2.23. The smallest absolute Gasteiger partial charge is 0.0426 e. The molecule has 1 atom stereocenters. The lowest BCUT2D eigenvalue weighted by atomic mass is 10.0. The average molecular weight is 333 g/mol. The molecule has 0 radical (unpaired) electrons. The molecule has 0 aliphatic carbocycles. The van der Waals surface area contributed by atoms with E-state index in [0.29, 0.717) is 0 Å². The second kappa shape index (κ2) is 6.91. The number of rotatable bonds is 5. The van der Waals surface area contributed by atoms with E-state index >= 15 is 0 Å². The van der Waals surface area contributed by atoms with Gasteiger partial charge in [0, 0.05) is 29.8 Å². The van der Waals surface area contributed by atoms with Crippen molar-refractivity contribution < 1.29 is 0 Å². The van der Waals surface area contributed by atoms with Crippen molar-refractivity contribution in [2.75, 3.05) is 11.9 Å². The van der Waals surface area contributed by atoms with E-state index < -0.39 is 0 Å². The van der Waals surface area contributed by atoms with E-state index in [1.807, 2.05) is 6.07 Å². The highest BCUT2D eigenvalue weighted by Crippen LogP contribution is 2.27. The van der Waals surface area contributed by atoms with E-state index in [1.54, 1.807) is 0 Å². The molecule has 0 heterocycles. The van der Waals surface area contributed by atoms with E-state index in [1.165, 1.54) is 16.8 Å². The first-order valence-electron chi connectivity index (χ1n) is 6.92. The van der Waals surface area contributed by atoms with Gasteiger partial charge in [0.25, 0.3) is 0 Å². The van der Waals surface area contributed by atoms with Gasteiger partial charge < -0.3 is 10.6 Å². The fraction of sp³-hybridized carbons (Fsp3) is 0.294. The SMILES string of the molecule is CC[C@H](N)c1ccccc1N(C)Cc1cccc(Br)c1. The van der Waals surface area contributed by atoms with Crippen LogP contribution in [0.1, 0.15) is 30.5 Å². The molecule has 2 nitrogen and oxygen atoms in total. The highest BCUT2D eigenvalue weighted by molar-refractivity contribution is 9.10. The van der Waals surface area contributed by atoms with Crippen LogP contribution in [0.15, 0.2) is 53.0 Å². The van der Waals surface area contributed by atoms with Crippen molar-refractivity contribution in [3.05, 3.63) is 64.1 Å². The Kier molecular flexibility index (Phi) is 5.21. The highest BCUT2D eigenvalue weighted by atomic mass is 79.9. The van der Waals surface area contributed by atoms with E-state index in [9.17, 15) is 0 Å². The lowest BCUT2D eigenvalue weighted by Crippen LogP contribution is -2.20. The molecular weight excluding hydrogens is 312 g/mol. The second-order valence-electron chi connectivity index (χ2n) is 5.06. The molecule has 0 aliphatic rings. The van der Waals surface area contributed by atoms with Gasteiger partial charge in [0.15, 0.2) is 0 Å². The molecule has 0 fully saturated rings. The van der Waals surface area contributed by atoms with Crippen molar-refractivity contribution in [3.8, 4) is 0 Å². The van der Waals surface area contributed by atoms with Crippen LogP contribution in [0.5, 0.6) is 0 Å². The standard InChI is InChI=1S/C17H21BrN2/c1-3-16(19)15-9-4-5-10-17(15)20(2)12-13-7-6-8-14(18)11-13/h4-11,16H,3,12,19H2,1-2H3/t16-/m0/s1. The summed E-state index contributed by atoms with van der Waals surface area (Å²) in [6.07, 6.45) is 0.946. The van der Waals surface area contributed by atoms with Crippen molar-refractivity contribution in [3.63, 3.8) is 0 Å². The number of hydrogen-bond donors (Lipinski definition) is 1. The van der Waals surface area contributed by atoms with E-state index in [2.05, 4.69) is 77.3 Å². The maximum absolute atomic E-state index is 6.22. The maximum Gasteiger partial charge on any atom is 0.0426 e. The summed E-state index contributed by atoms with van der Waals surface area (Å²) in [5.74, 6) is 0. The van der Waals surface area contributed by atoms with Crippen molar-refractivity contribution in [2.45, 2.75) is 25.9 Å². The van der Waals surface area contributed by atoms with Gasteiger partial charge in [-0.3, -0.25) is 0 Å². The summed E-state index contributed by atoms with van der Waals surface area (Å²) in [4.78, 5) is 2.26. The lowest BCUT2D eigenvalue weighted by Gasteiger charge is -2.25. The molecule has 0 spiro atoms. The van der Waals surface area contributed by atoms with Gasteiger partial charge in [-0.05, 0) is 35.7 Å². The van der Waals surface area contributed by atoms with Gasteiger partial charge >= 0.3 is 0 Å². The zero-order valence-corrected chi connectivity index (χ0v) is 13.6. The van der Waals surface area contributed by atoms with Crippen LogP contribution < -0.4 is 10.6 Å². The third kappa shape index (κ3) is 3.62. The van der Waals surface area contributed by atoms with Crippen LogP contribution in [0.25, 0.3) is 0 Å². The summed E-state index contributed by atoms with van der Waals surface area (Å²) in [6, 6.07) is 16.9. The van der Waals surface area contributed by atoms with Crippen LogP contribution in [0.3, 0.4) is 0 Å². The quantitative estimate of drug-likeness (QED) is 0.873. The zero-order valence-electron chi connectivity index (χ0n) is 12.0. The van der Waals surface area contributed by atoms with Crippen LogP contribution in [-0.4, -0.2) is 7.05 Å². The largest absolute Gasteiger partial charge is 0.370 e. The molecule has 0 saturated carbocycles. The minimum absolute atomic E-state index is 0.0937. The molecule has 0 bridgehead atoms. The fourth-order valence-corrected chi connectivity index (χ4v) is 2.81. The Morgan fingerprint density at radius 2 is 1.90 bits per heavy atom. The summed E-state index contributed by atoms with van der Waals surface area (Å²) in [5.41, 5.74) is 9.92. The van der Waals surface area contributed by atoms with Crippen LogP contribution in [-0.2, 0) is 6.54 Å². The Labute approximate surface area is 129 Å². The van der Waals surface area contributed by atoms with Crippen molar-refractivity contribution in [1.29, 1.82) is 0 Å². The molecule has 0 amide bonds. The van der Waals surface area contributed by atoms with Gasteiger partial charge in [0.2, 0.25) is 0 Å². The molecule has 0 aliphatic heterocycles. The lowest BCUT2D eigenvalue weighted by molar-refractivity contribution is 0.694. The number of nitrogens with two attached hydrogens (primary N) is 1. The molecule has 2 rings (SSSR count). The third-order valence-electron chi connectivity index (χ3n) is 3.50. The number of para-hydroxylation sites is 1. The molecule has 0 aromatic heterocycles. The Hall–Kier alpha value is -1.32. The molecule has 3 heteroatoms. The first-order valence-corrected chi connectivity index (χ1v) is 7.71. The number of nitrogens with zero attached hydrogens (tertiary/aromatic N) is 1. The van der Waals surface area contributed by atoms with E-state index in [4.69, 9.17) is 5.73 Å². The maximum atomic E-state index is 6.22. The van der Waals surface area contributed by atoms with Crippen LogP contribution >= 0.6 is 15.9 Å². The number of halogens is 1. The van der Waals surface area contributed by atoms with E-state index in [0.717, 1.165) is 17.4 Å². The summed E-state index contributed by atoms with van der Waals surface area (Å²) >= 11 is 3.52. The van der Waals surface area contributed by atoms with Crippen molar-refractivity contribution >= 4 is 21.6 Å². The number of hydrogen-bond acceptors (Lipinski definition) is 2. The van der Waals surface area contributed by atoms with Crippen molar-refractivity contribution in [2.24, 2.45) is 5.73 Å². The number of anilines is 1. The van der Waals surface area contributed by atoms with Gasteiger partial charge in [-0.25, -0.2) is 0 Å². The molecule has 2 N–H and O–H groups in total. The average Bonchev–Trinajstić information content (AvgIpc) is 2.46. The molecule has 0 saturated heterocycles. The summed E-state index contributed by atoms with van der Waals surface area (Å²) in [6.45, 7) is 2.99. The molecule has 2 aromatic rings. The second-order valence-corrected chi connectivity index (χ2v) is 5.98. The van der Waals surface area contributed by atoms with Crippen LogP contribution in [0.4, 0.5) is 5.69 Å². The number of benzene rings is 2. The molecule has 2 aromatic carbocycles. The Morgan fingerprint density at radius 1 is 1.15 bits per heavy atom. The third-order valence-corrected chi connectivity index (χ3v) is 3.99. The molecule has 106 valence electrons.